The summed E-state index contributed by atoms with van der Waals surface area (Å²) in [6.07, 6.45) is 0.986. The molecule has 110 valence electrons. The normalized spacial score (nSPS) is 10.5. The number of amides is 1. The molecule has 0 aliphatic rings. The lowest BCUT2D eigenvalue weighted by Crippen LogP contribution is -2.13. The van der Waals surface area contributed by atoms with Crippen LogP contribution in [0.25, 0.3) is 0 Å². The van der Waals surface area contributed by atoms with Gasteiger partial charge in [-0.2, -0.15) is 0 Å². The summed E-state index contributed by atoms with van der Waals surface area (Å²) in [5.74, 6) is -0.614. The number of hydrogen-bond donors (Lipinski definition) is 1. The Morgan fingerprint density at radius 2 is 2.05 bits per heavy atom. The molecule has 0 heterocycles. The van der Waals surface area contributed by atoms with Crippen LogP contribution in [0.4, 0.5) is 10.1 Å². The summed E-state index contributed by atoms with van der Waals surface area (Å²) in [5.41, 5.74) is 2.69. The summed E-state index contributed by atoms with van der Waals surface area (Å²) >= 11 is 9.13. The highest BCUT2D eigenvalue weighted by atomic mass is 79.9. The minimum Gasteiger partial charge on any atom is -0.324 e. The zero-order chi connectivity index (χ0) is 15.4. The van der Waals surface area contributed by atoms with Crippen LogP contribution < -0.4 is 5.32 Å². The van der Waals surface area contributed by atoms with Crippen molar-refractivity contribution in [2.45, 2.75) is 19.8 Å². The third-order valence-corrected chi connectivity index (χ3v) is 4.08. The summed E-state index contributed by atoms with van der Waals surface area (Å²) in [7, 11) is 0. The first-order valence-electron chi connectivity index (χ1n) is 6.46. The lowest BCUT2D eigenvalue weighted by atomic mass is 10.0. The van der Waals surface area contributed by atoms with Crippen LogP contribution in [0.5, 0.6) is 0 Å². The standard InChI is InChI=1S/C16H14BrClFNO/c1-10-4-2-3-5-11(10)6-7-15(21)20-16-13(17)8-12(19)9-14(16)18/h2-5,8-9H,6-7H2,1H3,(H,20,21). The van der Waals surface area contributed by atoms with Gasteiger partial charge in [-0.15, -0.1) is 0 Å². The first-order chi connectivity index (χ1) is 9.97. The molecule has 0 saturated carbocycles. The molecule has 0 aliphatic heterocycles. The van der Waals surface area contributed by atoms with Crippen LogP contribution >= 0.6 is 27.5 Å². The van der Waals surface area contributed by atoms with Crippen LogP contribution in [-0.4, -0.2) is 5.91 Å². The van der Waals surface area contributed by atoms with E-state index in [1.165, 1.54) is 12.1 Å². The summed E-state index contributed by atoms with van der Waals surface area (Å²) in [6.45, 7) is 2.01. The Kier molecular flexibility index (Phi) is 5.37. The Labute approximate surface area is 136 Å². The van der Waals surface area contributed by atoms with Gasteiger partial charge in [-0.05, 0) is 52.5 Å². The SMILES string of the molecule is Cc1ccccc1CCC(=O)Nc1c(Cl)cc(F)cc1Br. The molecule has 21 heavy (non-hydrogen) atoms. The first kappa shape index (κ1) is 16.0. The largest absolute Gasteiger partial charge is 0.324 e. The van der Waals surface area contributed by atoms with Gasteiger partial charge in [0.25, 0.3) is 0 Å². The highest BCUT2D eigenvalue weighted by Gasteiger charge is 2.11. The van der Waals surface area contributed by atoms with Crippen molar-refractivity contribution in [3.8, 4) is 0 Å². The molecule has 1 amide bonds. The summed E-state index contributed by atoms with van der Waals surface area (Å²) in [6, 6.07) is 10.4. The monoisotopic (exact) mass is 369 g/mol. The molecule has 2 nitrogen and oxygen atoms in total. The van der Waals surface area contributed by atoms with E-state index in [-0.39, 0.29) is 10.9 Å². The lowest BCUT2D eigenvalue weighted by Gasteiger charge is -2.10. The molecule has 0 radical (unpaired) electrons. The van der Waals surface area contributed by atoms with Gasteiger partial charge in [-0.1, -0.05) is 35.9 Å². The van der Waals surface area contributed by atoms with Gasteiger partial charge in [0.2, 0.25) is 5.91 Å². The molecule has 0 bridgehead atoms. The number of benzene rings is 2. The Balaban J connectivity index is 2.01. The van der Waals surface area contributed by atoms with Crippen LogP contribution in [0.1, 0.15) is 17.5 Å². The molecule has 0 aromatic heterocycles. The van der Waals surface area contributed by atoms with Crippen molar-refractivity contribution in [3.05, 3.63) is 62.8 Å². The number of aryl methyl sites for hydroxylation is 2. The number of rotatable bonds is 4. The second-order valence-electron chi connectivity index (χ2n) is 4.72. The van der Waals surface area contributed by atoms with E-state index >= 15 is 0 Å². The molecule has 5 heteroatoms. The molecular weight excluding hydrogens is 357 g/mol. The molecule has 0 aliphatic carbocycles. The average Bonchev–Trinajstić information content (AvgIpc) is 2.42. The van der Waals surface area contributed by atoms with E-state index in [1.807, 2.05) is 31.2 Å². The van der Waals surface area contributed by atoms with E-state index in [0.29, 0.717) is 23.0 Å². The van der Waals surface area contributed by atoms with Crippen molar-refractivity contribution >= 4 is 39.1 Å². The quantitative estimate of drug-likeness (QED) is 0.795. The maximum absolute atomic E-state index is 13.1. The smallest absolute Gasteiger partial charge is 0.224 e. The first-order valence-corrected chi connectivity index (χ1v) is 7.63. The van der Waals surface area contributed by atoms with E-state index in [1.54, 1.807) is 0 Å². The maximum atomic E-state index is 13.1. The van der Waals surface area contributed by atoms with Gasteiger partial charge in [0.1, 0.15) is 5.82 Å². The Bertz CT molecular complexity index is 652. The van der Waals surface area contributed by atoms with Gasteiger partial charge in [0.15, 0.2) is 0 Å². The molecule has 2 rings (SSSR count). The summed E-state index contributed by atoms with van der Waals surface area (Å²) in [5, 5.41) is 2.88. The zero-order valence-corrected chi connectivity index (χ0v) is 13.8. The number of carbonyl (C=O) groups is 1. The summed E-state index contributed by atoms with van der Waals surface area (Å²) < 4.78 is 13.6. The predicted molar refractivity (Wildman–Crippen MR) is 87.2 cm³/mol. The van der Waals surface area contributed by atoms with Crippen LogP contribution in [0.3, 0.4) is 0 Å². The number of nitrogens with one attached hydrogen (secondary N) is 1. The minimum atomic E-state index is -0.454. The second kappa shape index (κ2) is 7.05. The number of hydrogen-bond acceptors (Lipinski definition) is 1. The molecule has 0 atom stereocenters. The third-order valence-electron chi connectivity index (χ3n) is 3.15. The van der Waals surface area contributed by atoms with Crippen LogP contribution in [0, 0.1) is 12.7 Å². The molecule has 0 unspecified atom stereocenters. The molecule has 0 fully saturated rings. The van der Waals surface area contributed by atoms with Crippen LogP contribution in [-0.2, 0) is 11.2 Å². The third kappa shape index (κ3) is 4.29. The van der Waals surface area contributed by atoms with Crippen molar-refractivity contribution < 1.29 is 9.18 Å². The number of anilines is 1. The Morgan fingerprint density at radius 1 is 1.33 bits per heavy atom. The van der Waals surface area contributed by atoms with Gasteiger partial charge < -0.3 is 5.32 Å². The maximum Gasteiger partial charge on any atom is 0.224 e. The Morgan fingerprint density at radius 3 is 2.71 bits per heavy atom. The second-order valence-corrected chi connectivity index (χ2v) is 5.98. The van der Waals surface area contributed by atoms with E-state index in [0.717, 1.165) is 11.1 Å². The van der Waals surface area contributed by atoms with Gasteiger partial charge in [-0.25, -0.2) is 4.39 Å². The average molecular weight is 371 g/mol. The van der Waals surface area contributed by atoms with Crippen molar-refractivity contribution in [2.24, 2.45) is 0 Å². The zero-order valence-electron chi connectivity index (χ0n) is 11.4. The number of halogens is 3. The molecule has 1 N–H and O–H groups in total. The van der Waals surface area contributed by atoms with Crippen molar-refractivity contribution in [2.75, 3.05) is 5.32 Å². The molecular formula is C16H14BrClFNO. The van der Waals surface area contributed by atoms with Crippen molar-refractivity contribution in [1.82, 2.24) is 0 Å². The Hall–Kier alpha value is -1.39. The molecule has 0 spiro atoms. The van der Waals surface area contributed by atoms with Crippen molar-refractivity contribution in [3.63, 3.8) is 0 Å². The predicted octanol–water partition coefficient (Wildman–Crippen LogP) is 5.12. The van der Waals surface area contributed by atoms with E-state index in [9.17, 15) is 9.18 Å². The van der Waals surface area contributed by atoms with Gasteiger partial charge in [0, 0.05) is 10.9 Å². The highest BCUT2D eigenvalue weighted by molar-refractivity contribution is 9.10. The fraction of sp³-hybridized carbons (Fsp3) is 0.188. The molecule has 2 aromatic carbocycles. The van der Waals surface area contributed by atoms with Crippen LogP contribution in [0.15, 0.2) is 40.9 Å². The van der Waals surface area contributed by atoms with Crippen molar-refractivity contribution in [1.29, 1.82) is 0 Å². The lowest BCUT2D eigenvalue weighted by molar-refractivity contribution is -0.116. The highest BCUT2D eigenvalue weighted by Crippen LogP contribution is 2.31. The molecule has 2 aromatic rings. The number of carbonyl (C=O) groups excluding carboxylic acids is 1. The fourth-order valence-electron chi connectivity index (χ4n) is 2.00. The molecule has 0 saturated heterocycles. The summed E-state index contributed by atoms with van der Waals surface area (Å²) in [4.78, 5) is 12.0. The van der Waals surface area contributed by atoms with Gasteiger partial charge in [-0.3, -0.25) is 4.79 Å². The van der Waals surface area contributed by atoms with E-state index < -0.39 is 5.82 Å². The fourth-order valence-corrected chi connectivity index (χ4v) is 2.90. The van der Waals surface area contributed by atoms with E-state index in [4.69, 9.17) is 11.6 Å². The van der Waals surface area contributed by atoms with E-state index in [2.05, 4.69) is 21.2 Å². The van der Waals surface area contributed by atoms with Gasteiger partial charge >= 0.3 is 0 Å². The van der Waals surface area contributed by atoms with Gasteiger partial charge in [0.05, 0.1) is 10.7 Å². The van der Waals surface area contributed by atoms with Crippen LogP contribution in [0.2, 0.25) is 5.02 Å². The topological polar surface area (TPSA) is 29.1 Å². The minimum absolute atomic E-state index is 0.160.